The van der Waals surface area contributed by atoms with Crippen LogP contribution in [0, 0.1) is 0 Å². The highest BCUT2D eigenvalue weighted by molar-refractivity contribution is 6.20. The van der Waals surface area contributed by atoms with Gasteiger partial charge in [-0.1, -0.05) is 152 Å². The Hall–Kier alpha value is -7.36. The van der Waals surface area contributed by atoms with E-state index in [0.29, 0.717) is 5.82 Å². The van der Waals surface area contributed by atoms with Crippen LogP contribution < -0.4 is 0 Å². The van der Waals surface area contributed by atoms with Crippen LogP contribution in [-0.4, -0.2) is 9.97 Å². The molecule has 0 N–H and O–H groups in total. The van der Waals surface area contributed by atoms with E-state index in [4.69, 9.17) is 14.4 Å². The van der Waals surface area contributed by atoms with Crippen LogP contribution in [0.3, 0.4) is 0 Å². The summed E-state index contributed by atoms with van der Waals surface area (Å²) in [5, 5.41) is 9.74. The van der Waals surface area contributed by atoms with Gasteiger partial charge in [0.2, 0.25) is 0 Å². The first-order valence-corrected chi connectivity index (χ1v) is 18.6. The van der Waals surface area contributed by atoms with Crippen LogP contribution in [0.2, 0.25) is 0 Å². The van der Waals surface area contributed by atoms with Gasteiger partial charge in [-0.15, -0.1) is 0 Å². The number of rotatable bonds is 5. The van der Waals surface area contributed by atoms with Crippen molar-refractivity contribution < 1.29 is 4.42 Å². The molecular weight excluding hydrogens is 669 g/mol. The Morgan fingerprint density at radius 1 is 0.291 bits per heavy atom. The van der Waals surface area contributed by atoms with Crippen LogP contribution in [0.1, 0.15) is 0 Å². The minimum atomic E-state index is 0.681. The normalized spacial score (nSPS) is 11.6. The molecule has 2 aromatic heterocycles. The molecule has 0 unspecified atom stereocenters. The molecular formula is C52H32N2O. The van der Waals surface area contributed by atoms with Crippen molar-refractivity contribution in [2.75, 3.05) is 0 Å². The van der Waals surface area contributed by atoms with Crippen LogP contribution in [0.4, 0.5) is 0 Å². The van der Waals surface area contributed by atoms with Gasteiger partial charge in [-0.25, -0.2) is 9.97 Å². The summed E-state index contributed by atoms with van der Waals surface area (Å²) in [6.45, 7) is 0. The van der Waals surface area contributed by atoms with E-state index < -0.39 is 0 Å². The molecule has 55 heavy (non-hydrogen) atoms. The molecule has 3 nitrogen and oxygen atoms in total. The molecule has 3 heteroatoms. The third kappa shape index (κ3) is 5.36. The first-order chi connectivity index (χ1) is 27.2. The maximum absolute atomic E-state index is 6.27. The van der Waals surface area contributed by atoms with Crippen molar-refractivity contribution in [3.63, 3.8) is 0 Å². The van der Waals surface area contributed by atoms with Gasteiger partial charge >= 0.3 is 0 Å². The van der Waals surface area contributed by atoms with E-state index in [1.165, 1.54) is 43.4 Å². The first kappa shape index (κ1) is 31.2. The van der Waals surface area contributed by atoms with Crippen molar-refractivity contribution >= 4 is 54.3 Å². The SMILES string of the molecule is c1ccc(-c2nc(-c3cccc(-c4cccc(-c5c6ccccc6cc6c5ccc5ccccc56)c4)c3)cc(-c3ccc4c(c3)oc3ccccc34)n2)cc1. The Balaban J connectivity index is 1.05. The van der Waals surface area contributed by atoms with Crippen molar-refractivity contribution in [3.05, 3.63) is 194 Å². The quantitative estimate of drug-likeness (QED) is 0.133. The maximum atomic E-state index is 6.27. The van der Waals surface area contributed by atoms with Crippen LogP contribution >= 0.6 is 0 Å². The van der Waals surface area contributed by atoms with Gasteiger partial charge in [-0.3, -0.25) is 0 Å². The van der Waals surface area contributed by atoms with E-state index >= 15 is 0 Å². The third-order valence-electron chi connectivity index (χ3n) is 10.8. The zero-order valence-corrected chi connectivity index (χ0v) is 29.8. The highest BCUT2D eigenvalue weighted by Crippen LogP contribution is 2.41. The van der Waals surface area contributed by atoms with E-state index in [9.17, 15) is 0 Å². The molecule has 0 saturated carbocycles. The molecule has 11 aromatic rings. The monoisotopic (exact) mass is 700 g/mol. The van der Waals surface area contributed by atoms with E-state index in [1.54, 1.807) is 0 Å². The van der Waals surface area contributed by atoms with Crippen molar-refractivity contribution in [2.45, 2.75) is 0 Å². The van der Waals surface area contributed by atoms with E-state index in [1.807, 2.05) is 36.4 Å². The summed E-state index contributed by atoms with van der Waals surface area (Å²) in [5.74, 6) is 0.681. The highest BCUT2D eigenvalue weighted by atomic mass is 16.3. The van der Waals surface area contributed by atoms with Crippen LogP contribution in [-0.2, 0) is 0 Å². The Morgan fingerprint density at radius 2 is 0.873 bits per heavy atom. The number of aromatic nitrogens is 2. The van der Waals surface area contributed by atoms with Crippen LogP contribution in [0.5, 0.6) is 0 Å². The smallest absolute Gasteiger partial charge is 0.160 e. The Bertz CT molecular complexity index is 3270. The summed E-state index contributed by atoms with van der Waals surface area (Å²) in [5.41, 5.74) is 11.1. The third-order valence-corrected chi connectivity index (χ3v) is 10.8. The predicted octanol–water partition coefficient (Wildman–Crippen LogP) is 14.2. The van der Waals surface area contributed by atoms with Gasteiger partial charge in [0.1, 0.15) is 11.2 Å². The lowest BCUT2D eigenvalue weighted by Gasteiger charge is -2.15. The van der Waals surface area contributed by atoms with Gasteiger partial charge in [0, 0.05) is 27.5 Å². The molecule has 0 amide bonds. The lowest BCUT2D eigenvalue weighted by molar-refractivity contribution is 0.669. The number of hydrogen-bond acceptors (Lipinski definition) is 3. The van der Waals surface area contributed by atoms with Crippen molar-refractivity contribution in [2.24, 2.45) is 0 Å². The van der Waals surface area contributed by atoms with Crippen molar-refractivity contribution in [1.29, 1.82) is 0 Å². The topological polar surface area (TPSA) is 38.9 Å². The number of benzene rings is 9. The molecule has 256 valence electrons. The molecule has 0 aliphatic carbocycles. The molecule has 0 atom stereocenters. The number of hydrogen-bond donors (Lipinski definition) is 0. The zero-order valence-electron chi connectivity index (χ0n) is 29.8. The summed E-state index contributed by atoms with van der Waals surface area (Å²) >= 11 is 0. The molecule has 9 aromatic carbocycles. The van der Waals surface area contributed by atoms with Gasteiger partial charge in [0.25, 0.3) is 0 Å². The molecule has 2 heterocycles. The Labute approximate surface area is 317 Å². The summed E-state index contributed by atoms with van der Waals surface area (Å²) < 4.78 is 6.27. The zero-order chi connectivity index (χ0) is 36.3. The van der Waals surface area contributed by atoms with Gasteiger partial charge in [-0.2, -0.15) is 0 Å². The standard InChI is InChI=1S/C52H32N2O/c1-2-13-34(14-3-1)52-53-47(32-48(54-52)39-25-26-44-43-22-8-9-23-49(43)55-50(44)31-39)38-18-10-16-35(28-38)36-17-11-19-40(29-36)51-42-21-7-5-15-37(42)30-46-41-20-6-4-12-33(41)24-27-45(46)51/h1-32H. The molecule has 0 aliphatic rings. The molecule has 0 spiro atoms. The Kier molecular flexibility index (Phi) is 7.17. The molecule has 0 bridgehead atoms. The van der Waals surface area contributed by atoms with Crippen LogP contribution in [0.15, 0.2) is 199 Å². The fourth-order valence-corrected chi connectivity index (χ4v) is 8.19. The van der Waals surface area contributed by atoms with Crippen molar-refractivity contribution in [3.8, 4) is 56.2 Å². The predicted molar refractivity (Wildman–Crippen MR) is 229 cm³/mol. The maximum Gasteiger partial charge on any atom is 0.160 e. The second-order valence-corrected chi connectivity index (χ2v) is 14.2. The molecule has 0 saturated heterocycles. The van der Waals surface area contributed by atoms with Gasteiger partial charge in [0.15, 0.2) is 5.82 Å². The van der Waals surface area contributed by atoms with Gasteiger partial charge < -0.3 is 4.42 Å². The molecule has 0 radical (unpaired) electrons. The Morgan fingerprint density at radius 3 is 1.69 bits per heavy atom. The van der Waals surface area contributed by atoms with E-state index in [0.717, 1.165) is 61.1 Å². The first-order valence-electron chi connectivity index (χ1n) is 18.6. The summed E-state index contributed by atoms with van der Waals surface area (Å²) in [6, 6.07) is 68.8. The fraction of sp³-hybridized carbons (Fsp3) is 0. The minimum absolute atomic E-state index is 0.681. The number of nitrogens with zero attached hydrogens (tertiary/aromatic N) is 2. The van der Waals surface area contributed by atoms with E-state index in [-0.39, 0.29) is 0 Å². The highest BCUT2D eigenvalue weighted by Gasteiger charge is 2.16. The van der Waals surface area contributed by atoms with Crippen LogP contribution in [0.25, 0.3) is 110 Å². The van der Waals surface area contributed by atoms with Gasteiger partial charge in [-0.05, 0) is 97.0 Å². The summed E-state index contributed by atoms with van der Waals surface area (Å²) in [4.78, 5) is 10.3. The average Bonchev–Trinajstić information content (AvgIpc) is 3.64. The largest absolute Gasteiger partial charge is 0.456 e. The lowest BCUT2D eigenvalue weighted by atomic mass is 9.88. The second-order valence-electron chi connectivity index (χ2n) is 14.2. The number of fused-ring (bicyclic) bond motifs is 7. The van der Waals surface area contributed by atoms with Crippen molar-refractivity contribution in [1.82, 2.24) is 9.97 Å². The van der Waals surface area contributed by atoms with Gasteiger partial charge in [0.05, 0.1) is 11.4 Å². The number of furan rings is 1. The second kappa shape index (κ2) is 12.6. The van der Waals surface area contributed by atoms with E-state index in [2.05, 4.69) is 158 Å². The molecule has 11 rings (SSSR count). The fourth-order valence-electron chi connectivity index (χ4n) is 8.19. The summed E-state index contributed by atoms with van der Waals surface area (Å²) in [7, 11) is 0. The summed E-state index contributed by atoms with van der Waals surface area (Å²) in [6.07, 6.45) is 0. The lowest BCUT2D eigenvalue weighted by Crippen LogP contribution is -1.96. The number of para-hydroxylation sites is 1. The molecule has 0 aliphatic heterocycles. The average molecular weight is 701 g/mol. The molecule has 0 fully saturated rings. The minimum Gasteiger partial charge on any atom is -0.456 e.